The summed E-state index contributed by atoms with van der Waals surface area (Å²) in [5, 5.41) is 0. The molecule has 0 bridgehead atoms. The first-order valence-corrected chi connectivity index (χ1v) is 8.41. The molecule has 3 nitrogen and oxygen atoms in total. The van der Waals surface area contributed by atoms with Crippen LogP contribution in [0.5, 0.6) is 0 Å². The number of rotatable bonds is 6. The van der Waals surface area contributed by atoms with Crippen molar-refractivity contribution in [1.29, 1.82) is 0 Å². The summed E-state index contributed by atoms with van der Waals surface area (Å²) in [5.74, 6) is -0.345. The summed E-state index contributed by atoms with van der Waals surface area (Å²) < 4.78 is 24.4. The second-order valence-corrected chi connectivity index (χ2v) is 7.80. The number of benzene rings is 1. The third kappa shape index (κ3) is 5.31. The molecule has 18 heavy (non-hydrogen) atoms. The molecule has 1 aromatic rings. The number of hydrogen-bond acceptors (Lipinski definition) is 3. The van der Waals surface area contributed by atoms with Crippen molar-refractivity contribution in [3.05, 3.63) is 34.3 Å². The van der Waals surface area contributed by atoms with E-state index < -0.39 is 15.6 Å². The van der Waals surface area contributed by atoms with Crippen molar-refractivity contribution in [1.82, 2.24) is 0 Å². The van der Waals surface area contributed by atoms with Crippen molar-refractivity contribution in [2.45, 2.75) is 20.3 Å². The van der Waals surface area contributed by atoms with Crippen molar-refractivity contribution < 1.29 is 13.2 Å². The molecule has 0 saturated carbocycles. The molecular weight excluding hydrogens is 316 g/mol. The van der Waals surface area contributed by atoms with Crippen LogP contribution in [0.4, 0.5) is 0 Å². The van der Waals surface area contributed by atoms with E-state index in [1.54, 1.807) is 24.3 Å². The number of halogens is 1. The molecule has 0 fully saturated rings. The average Bonchev–Trinajstić information content (AvgIpc) is 2.27. The molecule has 1 rings (SSSR count). The van der Waals surface area contributed by atoms with Crippen molar-refractivity contribution in [3.8, 4) is 0 Å². The fraction of sp³-hybridized carbons (Fsp3) is 0.462. The van der Waals surface area contributed by atoms with Crippen LogP contribution in [0.15, 0.2) is 28.7 Å². The molecule has 0 aliphatic rings. The third-order valence-corrected chi connectivity index (χ3v) is 4.61. The molecule has 0 amide bonds. The number of carbonyl (C=O) groups is 1. The van der Waals surface area contributed by atoms with E-state index in [1.807, 2.05) is 13.8 Å². The zero-order valence-electron chi connectivity index (χ0n) is 10.5. The molecule has 0 N–H and O–H groups in total. The van der Waals surface area contributed by atoms with Gasteiger partial charge in [0.05, 0.1) is 5.75 Å². The lowest BCUT2D eigenvalue weighted by atomic mass is 10.1. The molecule has 0 radical (unpaired) electrons. The van der Waals surface area contributed by atoms with Crippen LogP contribution in [0.1, 0.15) is 30.6 Å². The van der Waals surface area contributed by atoms with Crippen molar-refractivity contribution in [2.24, 2.45) is 5.92 Å². The summed E-state index contributed by atoms with van der Waals surface area (Å²) in [5.41, 5.74) is 0.436. The first-order valence-electron chi connectivity index (χ1n) is 5.79. The monoisotopic (exact) mass is 332 g/mol. The summed E-state index contributed by atoms with van der Waals surface area (Å²) in [6, 6.07) is 6.72. The van der Waals surface area contributed by atoms with Gasteiger partial charge in [-0.05, 0) is 24.5 Å². The van der Waals surface area contributed by atoms with E-state index in [0.29, 0.717) is 17.9 Å². The predicted octanol–water partition coefficient (Wildman–Crippen LogP) is 3.09. The van der Waals surface area contributed by atoms with Crippen LogP contribution in [0.2, 0.25) is 0 Å². The number of carbonyl (C=O) groups excluding carboxylic acids is 1. The van der Waals surface area contributed by atoms with Gasteiger partial charge >= 0.3 is 0 Å². The number of hydrogen-bond donors (Lipinski definition) is 0. The van der Waals surface area contributed by atoms with E-state index in [-0.39, 0.29) is 11.5 Å². The van der Waals surface area contributed by atoms with E-state index in [2.05, 4.69) is 15.9 Å². The van der Waals surface area contributed by atoms with Gasteiger partial charge in [-0.3, -0.25) is 4.79 Å². The standard InChI is InChI=1S/C13H17BrO3S/c1-10(2)7-8-18(16,17)9-13(15)11-3-5-12(14)6-4-11/h3-6,10H,7-9H2,1-2H3. The van der Waals surface area contributed by atoms with Gasteiger partial charge in [-0.15, -0.1) is 0 Å². The molecule has 0 aliphatic heterocycles. The van der Waals surface area contributed by atoms with E-state index in [1.165, 1.54) is 0 Å². The number of ketones is 1. The molecule has 0 unspecified atom stereocenters. The Labute approximate surface area is 117 Å². The minimum atomic E-state index is -3.30. The highest BCUT2D eigenvalue weighted by Gasteiger charge is 2.18. The fourth-order valence-electron chi connectivity index (χ4n) is 1.41. The van der Waals surface area contributed by atoms with Gasteiger partial charge in [0.2, 0.25) is 0 Å². The molecule has 0 heterocycles. The van der Waals surface area contributed by atoms with Gasteiger partial charge in [0.1, 0.15) is 5.75 Å². The van der Waals surface area contributed by atoms with E-state index in [0.717, 1.165) is 4.47 Å². The first kappa shape index (κ1) is 15.4. The second-order valence-electron chi connectivity index (χ2n) is 4.70. The lowest BCUT2D eigenvalue weighted by Crippen LogP contribution is -2.20. The molecule has 1 aromatic carbocycles. The normalized spacial score (nSPS) is 11.8. The van der Waals surface area contributed by atoms with Gasteiger partial charge in [0.25, 0.3) is 0 Å². The minimum Gasteiger partial charge on any atom is -0.293 e. The maximum absolute atomic E-state index is 11.8. The predicted molar refractivity (Wildman–Crippen MR) is 76.6 cm³/mol. The zero-order valence-corrected chi connectivity index (χ0v) is 12.9. The first-order chi connectivity index (χ1) is 8.30. The molecule has 0 spiro atoms. The number of sulfone groups is 1. The van der Waals surface area contributed by atoms with Crippen LogP contribution in [-0.4, -0.2) is 25.7 Å². The van der Waals surface area contributed by atoms with Crippen molar-refractivity contribution in [3.63, 3.8) is 0 Å². The Hall–Kier alpha value is -0.680. The van der Waals surface area contributed by atoms with Gasteiger partial charge in [-0.25, -0.2) is 8.42 Å². The molecule has 0 atom stereocenters. The summed E-state index contributed by atoms with van der Waals surface area (Å²) in [6.45, 7) is 3.93. The lowest BCUT2D eigenvalue weighted by Gasteiger charge is -2.06. The highest BCUT2D eigenvalue weighted by atomic mass is 79.9. The highest BCUT2D eigenvalue weighted by Crippen LogP contribution is 2.12. The molecule has 100 valence electrons. The third-order valence-electron chi connectivity index (χ3n) is 2.52. The van der Waals surface area contributed by atoms with Gasteiger partial charge in [0.15, 0.2) is 15.6 Å². The zero-order chi connectivity index (χ0) is 13.8. The Kier molecular flexibility index (Phi) is 5.53. The molecule has 5 heteroatoms. The summed E-state index contributed by atoms with van der Waals surface area (Å²) in [4.78, 5) is 11.8. The van der Waals surface area contributed by atoms with Gasteiger partial charge in [-0.2, -0.15) is 0 Å². The summed E-state index contributed by atoms with van der Waals surface area (Å²) in [7, 11) is -3.30. The Morgan fingerprint density at radius 1 is 1.22 bits per heavy atom. The van der Waals surface area contributed by atoms with Crippen molar-refractivity contribution in [2.75, 3.05) is 11.5 Å². The minimum absolute atomic E-state index is 0.0763. The van der Waals surface area contributed by atoms with E-state index >= 15 is 0 Å². The molecule has 0 saturated heterocycles. The molecule has 0 aromatic heterocycles. The smallest absolute Gasteiger partial charge is 0.177 e. The quantitative estimate of drug-likeness (QED) is 0.752. The second kappa shape index (κ2) is 6.48. The van der Waals surface area contributed by atoms with Gasteiger partial charge in [-0.1, -0.05) is 41.9 Å². The Morgan fingerprint density at radius 2 is 1.78 bits per heavy atom. The highest BCUT2D eigenvalue weighted by molar-refractivity contribution is 9.10. The maximum Gasteiger partial charge on any atom is 0.177 e. The van der Waals surface area contributed by atoms with E-state index in [4.69, 9.17) is 0 Å². The molecular formula is C13H17BrO3S. The van der Waals surface area contributed by atoms with Crippen LogP contribution < -0.4 is 0 Å². The van der Waals surface area contributed by atoms with Crippen LogP contribution in [0, 0.1) is 5.92 Å². The van der Waals surface area contributed by atoms with Crippen LogP contribution in [0.25, 0.3) is 0 Å². The van der Waals surface area contributed by atoms with Gasteiger partial charge < -0.3 is 0 Å². The summed E-state index contributed by atoms with van der Waals surface area (Å²) >= 11 is 3.27. The Morgan fingerprint density at radius 3 is 2.28 bits per heavy atom. The number of Topliss-reactive ketones (excluding diaryl/α,β-unsaturated/α-hetero) is 1. The Balaban J connectivity index is 2.67. The maximum atomic E-state index is 11.8. The van der Waals surface area contributed by atoms with Crippen LogP contribution >= 0.6 is 15.9 Å². The Bertz CT molecular complexity index is 504. The van der Waals surface area contributed by atoms with Gasteiger partial charge in [0, 0.05) is 10.0 Å². The largest absolute Gasteiger partial charge is 0.293 e. The van der Waals surface area contributed by atoms with Crippen LogP contribution in [-0.2, 0) is 9.84 Å². The average molecular weight is 333 g/mol. The topological polar surface area (TPSA) is 51.2 Å². The van der Waals surface area contributed by atoms with Crippen molar-refractivity contribution >= 4 is 31.6 Å². The lowest BCUT2D eigenvalue weighted by molar-refractivity contribution is 0.102. The van der Waals surface area contributed by atoms with Crippen LogP contribution in [0.3, 0.4) is 0 Å². The summed E-state index contributed by atoms with van der Waals surface area (Å²) in [6.07, 6.45) is 0.593. The van der Waals surface area contributed by atoms with E-state index in [9.17, 15) is 13.2 Å². The fourth-order valence-corrected chi connectivity index (χ4v) is 3.21. The molecule has 0 aliphatic carbocycles. The SMILES string of the molecule is CC(C)CCS(=O)(=O)CC(=O)c1ccc(Br)cc1.